The molecule has 87 valence electrons. The summed E-state index contributed by atoms with van der Waals surface area (Å²) in [5, 5.41) is 0. The molecule has 0 aliphatic carbocycles. The van der Waals surface area contributed by atoms with Gasteiger partial charge in [-0.15, -0.1) is 0 Å². The molecule has 0 bridgehead atoms. The van der Waals surface area contributed by atoms with Crippen LogP contribution in [0.15, 0.2) is 24.3 Å². The highest BCUT2D eigenvalue weighted by Gasteiger charge is 1.85. The van der Waals surface area contributed by atoms with Crippen molar-refractivity contribution in [3.05, 3.63) is 31.2 Å². The van der Waals surface area contributed by atoms with Gasteiger partial charge in [0.25, 0.3) is 0 Å². The highest BCUT2D eigenvalue weighted by atomic mass is 13.9. The molecule has 0 aromatic heterocycles. The van der Waals surface area contributed by atoms with Crippen LogP contribution in [0.5, 0.6) is 0 Å². The molecule has 0 rings (SSSR count). The monoisotopic (exact) mass is 207 g/mol. The maximum absolute atomic E-state index is 3.83. The Kier molecular flexibility index (Phi) is 13.0. The Labute approximate surface area is 96.5 Å². The fraction of sp³-hybridized carbons (Fsp3) is 0.667. The summed E-state index contributed by atoms with van der Waals surface area (Å²) in [5.41, 5.74) is 0. The number of hydrogen-bond acceptors (Lipinski definition) is 0. The number of rotatable bonds is 10. The molecule has 0 fully saturated rings. The van der Waals surface area contributed by atoms with Crippen molar-refractivity contribution in [2.24, 2.45) is 0 Å². The Balaban J connectivity index is 3.04. The minimum atomic E-state index is 1.06. The molecule has 0 saturated carbocycles. The van der Waals surface area contributed by atoms with E-state index >= 15 is 0 Å². The lowest BCUT2D eigenvalue weighted by molar-refractivity contribution is 0.694. The van der Waals surface area contributed by atoms with E-state index in [4.69, 9.17) is 0 Å². The van der Waals surface area contributed by atoms with Gasteiger partial charge >= 0.3 is 0 Å². The van der Waals surface area contributed by atoms with Gasteiger partial charge in [0.05, 0.1) is 0 Å². The van der Waals surface area contributed by atoms with Crippen LogP contribution >= 0.6 is 0 Å². The molecule has 1 radical (unpaired) electrons. The van der Waals surface area contributed by atoms with E-state index in [9.17, 15) is 0 Å². The molecule has 0 amide bonds. The first-order chi connectivity index (χ1) is 7.41. The van der Waals surface area contributed by atoms with E-state index in [2.05, 4.69) is 38.2 Å². The predicted molar refractivity (Wildman–Crippen MR) is 70.9 cm³/mol. The molecule has 0 aromatic carbocycles. The van der Waals surface area contributed by atoms with Crippen LogP contribution in [0.3, 0.4) is 0 Å². The zero-order valence-corrected chi connectivity index (χ0v) is 10.4. The normalized spacial score (nSPS) is 11.9. The molecule has 0 spiro atoms. The van der Waals surface area contributed by atoms with Gasteiger partial charge in [0, 0.05) is 0 Å². The summed E-state index contributed by atoms with van der Waals surface area (Å²) in [6.07, 6.45) is 20.5. The lowest BCUT2D eigenvalue weighted by Crippen LogP contribution is -1.75. The van der Waals surface area contributed by atoms with E-state index in [-0.39, 0.29) is 0 Å². The van der Waals surface area contributed by atoms with Crippen LogP contribution in [0.2, 0.25) is 0 Å². The Morgan fingerprint density at radius 3 is 1.80 bits per heavy atom. The third kappa shape index (κ3) is 13.5. The minimum absolute atomic E-state index is 1.06. The van der Waals surface area contributed by atoms with Crippen molar-refractivity contribution in [2.45, 2.75) is 64.7 Å². The van der Waals surface area contributed by atoms with Crippen molar-refractivity contribution < 1.29 is 0 Å². The van der Waals surface area contributed by atoms with Gasteiger partial charge < -0.3 is 0 Å². The lowest BCUT2D eigenvalue weighted by atomic mass is 10.1. The summed E-state index contributed by atoms with van der Waals surface area (Å²) >= 11 is 0. The molecule has 0 heteroatoms. The lowest BCUT2D eigenvalue weighted by Gasteiger charge is -1.95. The first-order valence-corrected chi connectivity index (χ1v) is 6.51. The SMILES string of the molecule is [CH2]CCCC=CCCCCCC=CCC. The number of unbranched alkanes of at least 4 members (excludes halogenated alkanes) is 6. The molecule has 0 atom stereocenters. The number of allylic oxidation sites excluding steroid dienone is 4. The number of hydrogen-bond donors (Lipinski definition) is 0. The Morgan fingerprint density at radius 1 is 0.733 bits per heavy atom. The van der Waals surface area contributed by atoms with Gasteiger partial charge in [0.15, 0.2) is 0 Å². The molecule has 0 saturated heterocycles. The molecule has 0 unspecified atom stereocenters. The van der Waals surface area contributed by atoms with Gasteiger partial charge in [0.2, 0.25) is 0 Å². The van der Waals surface area contributed by atoms with Crippen LogP contribution in [0.4, 0.5) is 0 Å². The second kappa shape index (κ2) is 13.5. The average molecular weight is 207 g/mol. The summed E-state index contributed by atoms with van der Waals surface area (Å²) in [4.78, 5) is 0. The third-order valence-corrected chi connectivity index (χ3v) is 2.43. The van der Waals surface area contributed by atoms with Gasteiger partial charge in [-0.3, -0.25) is 0 Å². The van der Waals surface area contributed by atoms with Crippen LogP contribution < -0.4 is 0 Å². The van der Waals surface area contributed by atoms with Crippen molar-refractivity contribution in [3.63, 3.8) is 0 Å². The second-order valence-corrected chi connectivity index (χ2v) is 3.98. The van der Waals surface area contributed by atoms with Crippen LogP contribution in [0.1, 0.15) is 64.7 Å². The Morgan fingerprint density at radius 2 is 1.27 bits per heavy atom. The van der Waals surface area contributed by atoms with Gasteiger partial charge in [-0.25, -0.2) is 0 Å². The summed E-state index contributed by atoms with van der Waals surface area (Å²) < 4.78 is 0. The first kappa shape index (κ1) is 14.5. The van der Waals surface area contributed by atoms with Crippen molar-refractivity contribution in [2.75, 3.05) is 0 Å². The fourth-order valence-corrected chi connectivity index (χ4v) is 1.48. The summed E-state index contributed by atoms with van der Waals surface area (Å²) in [7, 11) is 0. The molecule has 0 heterocycles. The smallest absolute Gasteiger partial charge is 0.0351 e. The molecular formula is C15H27. The largest absolute Gasteiger partial charge is 0.0888 e. The van der Waals surface area contributed by atoms with Gasteiger partial charge in [0.1, 0.15) is 0 Å². The van der Waals surface area contributed by atoms with Crippen LogP contribution in [0.25, 0.3) is 0 Å². The highest BCUT2D eigenvalue weighted by Crippen LogP contribution is 2.05. The molecular weight excluding hydrogens is 180 g/mol. The molecule has 0 aliphatic rings. The Hall–Kier alpha value is -0.520. The average Bonchev–Trinajstić information content (AvgIpc) is 2.26. The minimum Gasteiger partial charge on any atom is -0.0888 e. The van der Waals surface area contributed by atoms with E-state index in [0.717, 1.165) is 6.42 Å². The summed E-state index contributed by atoms with van der Waals surface area (Å²) in [6.45, 7) is 6.02. The fourth-order valence-electron chi connectivity index (χ4n) is 1.48. The maximum Gasteiger partial charge on any atom is -0.0351 e. The van der Waals surface area contributed by atoms with Gasteiger partial charge in [-0.1, -0.05) is 51.0 Å². The maximum atomic E-state index is 3.83. The molecule has 0 aliphatic heterocycles. The molecule has 0 nitrogen and oxygen atoms in total. The van der Waals surface area contributed by atoms with Gasteiger partial charge in [-0.05, 0) is 44.9 Å². The second-order valence-electron chi connectivity index (χ2n) is 3.98. The van der Waals surface area contributed by atoms with Crippen molar-refractivity contribution in [1.82, 2.24) is 0 Å². The van der Waals surface area contributed by atoms with Crippen LogP contribution in [-0.2, 0) is 0 Å². The first-order valence-electron chi connectivity index (χ1n) is 6.51. The quantitative estimate of drug-likeness (QED) is 0.329. The topological polar surface area (TPSA) is 0 Å². The zero-order valence-electron chi connectivity index (χ0n) is 10.4. The zero-order chi connectivity index (χ0) is 11.2. The van der Waals surface area contributed by atoms with Crippen molar-refractivity contribution in [3.8, 4) is 0 Å². The molecule has 0 aromatic rings. The Bertz CT molecular complexity index is 153. The highest BCUT2D eigenvalue weighted by molar-refractivity contribution is 4.82. The van der Waals surface area contributed by atoms with Crippen LogP contribution in [0, 0.1) is 6.92 Å². The molecule has 0 N–H and O–H groups in total. The summed E-state index contributed by atoms with van der Waals surface area (Å²) in [6, 6.07) is 0. The van der Waals surface area contributed by atoms with E-state index < -0.39 is 0 Å². The van der Waals surface area contributed by atoms with E-state index in [0.29, 0.717) is 0 Å². The van der Waals surface area contributed by atoms with E-state index in [1.54, 1.807) is 0 Å². The predicted octanol–water partition coefficient (Wildman–Crippen LogP) is 5.46. The standard InChI is InChI=1S/C15H27/c1-3-5-7-9-11-13-15-14-12-10-8-6-4-2/h6,8-9,11H,1,3-5,7,10,12-15H2,2H3. The van der Waals surface area contributed by atoms with Crippen molar-refractivity contribution >= 4 is 0 Å². The van der Waals surface area contributed by atoms with Gasteiger partial charge in [-0.2, -0.15) is 0 Å². The summed E-state index contributed by atoms with van der Waals surface area (Å²) in [5.74, 6) is 0. The third-order valence-electron chi connectivity index (χ3n) is 2.43. The van der Waals surface area contributed by atoms with Crippen LogP contribution in [-0.4, -0.2) is 0 Å². The van der Waals surface area contributed by atoms with E-state index in [1.807, 2.05) is 0 Å². The van der Waals surface area contributed by atoms with E-state index in [1.165, 1.54) is 51.4 Å². The molecule has 15 heavy (non-hydrogen) atoms. The van der Waals surface area contributed by atoms with Crippen molar-refractivity contribution in [1.29, 1.82) is 0 Å².